The van der Waals surface area contributed by atoms with Crippen molar-refractivity contribution in [3.05, 3.63) is 12.7 Å². The van der Waals surface area contributed by atoms with Gasteiger partial charge in [-0.05, 0) is 5.21 Å². The number of hydrogen-bond donors (Lipinski definition) is 1. The minimum atomic E-state index is -4.97. The van der Waals surface area contributed by atoms with Crippen molar-refractivity contribution in [3.8, 4) is 0 Å². The Hall–Kier alpha value is -1.93. The standard InChI is InChI=1S/C6H6F3N5O/c1-2-3-14-12-5(11-13-14)10-4(15)6(7,8)9/h2H,1,3H2,(H,10,12,15). The number of allylic oxidation sites excluding steroid dienone is 1. The van der Waals surface area contributed by atoms with Crippen LogP contribution in [0.5, 0.6) is 0 Å². The molecule has 1 amide bonds. The van der Waals surface area contributed by atoms with Crippen molar-refractivity contribution < 1.29 is 18.0 Å². The summed E-state index contributed by atoms with van der Waals surface area (Å²) in [7, 11) is 0. The lowest BCUT2D eigenvalue weighted by molar-refractivity contribution is -0.167. The fourth-order valence-corrected chi connectivity index (χ4v) is 0.659. The number of rotatable bonds is 3. The molecule has 0 radical (unpaired) electrons. The van der Waals surface area contributed by atoms with E-state index >= 15 is 0 Å². The van der Waals surface area contributed by atoms with Gasteiger partial charge in [0.1, 0.15) is 0 Å². The molecule has 0 aliphatic carbocycles. The van der Waals surface area contributed by atoms with Crippen LogP contribution in [0.1, 0.15) is 0 Å². The third-order valence-electron chi connectivity index (χ3n) is 1.23. The predicted molar refractivity (Wildman–Crippen MR) is 42.7 cm³/mol. The smallest absolute Gasteiger partial charge is 0.284 e. The number of alkyl halides is 3. The zero-order valence-corrected chi connectivity index (χ0v) is 7.32. The molecule has 0 bridgehead atoms. The van der Waals surface area contributed by atoms with E-state index in [1.54, 1.807) is 0 Å². The van der Waals surface area contributed by atoms with Crippen LogP contribution < -0.4 is 5.32 Å². The molecule has 1 aromatic heterocycles. The summed E-state index contributed by atoms with van der Waals surface area (Å²) in [4.78, 5) is 11.4. The normalized spacial score (nSPS) is 11.1. The Morgan fingerprint density at radius 2 is 2.27 bits per heavy atom. The molecule has 15 heavy (non-hydrogen) atoms. The molecule has 82 valence electrons. The summed E-state index contributed by atoms with van der Waals surface area (Å²) >= 11 is 0. The maximum Gasteiger partial charge on any atom is 0.471 e. The van der Waals surface area contributed by atoms with Gasteiger partial charge in [-0.1, -0.05) is 11.2 Å². The second kappa shape index (κ2) is 4.07. The first kappa shape index (κ1) is 11.1. The summed E-state index contributed by atoms with van der Waals surface area (Å²) in [5.74, 6) is -2.64. The van der Waals surface area contributed by atoms with Crippen molar-refractivity contribution >= 4 is 11.9 Å². The summed E-state index contributed by atoms with van der Waals surface area (Å²) in [5, 5.41) is 11.5. The highest BCUT2D eigenvalue weighted by atomic mass is 19.4. The van der Waals surface area contributed by atoms with Crippen molar-refractivity contribution in [3.63, 3.8) is 0 Å². The molecule has 0 unspecified atom stereocenters. The topological polar surface area (TPSA) is 72.7 Å². The average molecular weight is 221 g/mol. The third-order valence-corrected chi connectivity index (χ3v) is 1.23. The molecule has 1 N–H and O–H groups in total. The van der Waals surface area contributed by atoms with Crippen LogP contribution in [0.3, 0.4) is 0 Å². The number of nitrogens with zero attached hydrogens (tertiary/aromatic N) is 4. The van der Waals surface area contributed by atoms with Crippen molar-refractivity contribution in [1.29, 1.82) is 0 Å². The second-order valence-corrected chi connectivity index (χ2v) is 2.41. The van der Waals surface area contributed by atoms with Crippen molar-refractivity contribution in [2.75, 3.05) is 5.32 Å². The lowest BCUT2D eigenvalue weighted by atomic mass is 10.6. The first-order chi connectivity index (χ1) is 6.93. The lowest BCUT2D eigenvalue weighted by Crippen LogP contribution is -2.30. The van der Waals surface area contributed by atoms with Gasteiger partial charge in [-0.15, -0.1) is 11.7 Å². The zero-order valence-electron chi connectivity index (χ0n) is 7.32. The van der Waals surface area contributed by atoms with Crippen molar-refractivity contribution in [2.45, 2.75) is 12.7 Å². The number of carbonyl (C=O) groups is 1. The number of amides is 1. The molecule has 0 aromatic carbocycles. The minimum absolute atomic E-state index is 0.189. The molecule has 1 aromatic rings. The molecular weight excluding hydrogens is 215 g/mol. The lowest BCUT2D eigenvalue weighted by Gasteiger charge is -2.02. The number of nitrogens with one attached hydrogen (secondary N) is 1. The van der Waals surface area contributed by atoms with Gasteiger partial charge in [-0.2, -0.15) is 18.0 Å². The highest BCUT2D eigenvalue weighted by molar-refractivity contribution is 5.93. The third kappa shape index (κ3) is 3.04. The summed E-state index contributed by atoms with van der Waals surface area (Å²) in [5.41, 5.74) is 0. The number of hydrogen-bond acceptors (Lipinski definition) is 4. The number of halogens is 3. The molecule has 1 rings (SSSR count). The molecule has 0 saturated carbocycles. The monoisotopic (exact) mass is 221 g/mol. The number of carbonyl (C=O) groups excluding carboxylic acids is 1. The molecule has 6 nitrogen and oxygen atoms in total. The van der Waals surface area contributed by atoms with E-state index in [1.165, 1.54) is 11.4 Å². The van der Waals surface area contributed by atoms with Gasteiger partial charge in [0, 0.05) is 0 Å². The molecule has 0 aliphatic rings. The van der Waals surface area contributed by atoms with Gasteiger partial charge >= 0.3 is 12.1 Å². The molecule has 1 heterocycles. The minimum Gasteiger partial charge on any atom is -0.284 e. The maximum absolute atomic E-state index is 11.8. The van der Waals surface area contributed by atoms with Crippen LogP contribution in [-0.4, -0.2) is 32.3 Å². The van der Waals surface area contributed by atoms with E-state index < -0.39 is 18.0 Å². The van der Waals surface area contributed by atoms with Gasteiger partial charge in [-0.3, -0.25) is 10.1 Å². The number of tetrazole rings is 1. The van der Waals surface area contributed by atoms with Gasteiger partial charge < -0.3 is 0 Å². The Labute approximate surface area is 81.8 Å². The molecule has 0 spiro atoms. The largest absolute Gasteiger partial charge is 0.471 e. The second-order valence-electron chi connectivity index (χ2n) is 2.41. The Balaban J connectivity index is 2.65. The van der Waals surface area contributed by atoms with Crippen molar-refractivity contribution in [1.82, 2.24) is 20.2 Å². The van der Waals surface area contributed by atoms with Gasteiger partial charge in [-0.25, -0.2) is 0 Å². The van der Waals surface area contributed by atoms with Crippen LogP contribution in [-0.2, 0) is 11.3 Å². The summed E-state index contributed by atoms with van der Waals surface area (Å²) in [6, 6.07) is 0. The van der Waals surface area contributed by atoms with Crippen LogP contribution in [0, 0.1) is 0 Å². The highest BCUT2D eigenvalue weighted by Gasteiger charge is 2.39. The van der Waals surface area contributed by atoms with Crippen LogP contribution in [0.15, 0.2) is 12.7 Å². The quantitative estimate of drug-likeness (QED) is 0.748. The van der Waals surface area contributed by atoms with E-state index in [1.807, 2.05) is 0 Å². The van der Waals surface area contributed by atoms with E-state index in [9.17, 15) is 18.0 Å². The fourth-order valence-electron chi connectivity index (χ4n) is 0.659. The predicted octanol–water partition coefficient (Wildman–Crippen LogP) is 0.360. The molecule has 0 aliphatic heterocycles. The van der Waals surface area contributed by atoms with Gasteiger partial charge in [0.25, 0.3) is 5.95 Å². The van der Waals surface area contributed by atoms with Crippen LogP contribution in [0.25, 0.3) is 0 Å². The Bertz CT molecular complexity index is 371. The highest BCUT2D eigenvalue weighted by Crippen LogP contribution is 2.15. The van der Waals surface area contributed by atoms with Gasteiger partial charge in [0.15, 0.2) is 0 Å². The summed E-state index contributed by atoms with van der Waals surface area (Å²) in [6.45, 7) is 3.56. The van der Waals surface area contributed by atoms with Crippen molar-refractivity contribution in [2.24, 2.45) is 0 Å². The molecular formula is C6H6F3N5O. The van der Waals surface area contributed by atoms with E-state index in [0.717, 1.165) is 4.80 Å². The van der Waals surface area contributed by atoms with Gasteiger partial charge in [0.05, 0.1) is 6.54 Å². The van der Waals surface area contributed by atoms with E-state index in [2.05, 4.69) is 22.0 Å². The van der Waals surface area contributed by atoms with Crippen LogP contribution in [0.2, 0.25) is 0 Å². The molecule has 0 atom stereocenters. The number of aromatic nitrogens is 4. The molecule has 0 fully saturated rings. The fraction of sp³-hybridized carbons (Fsp3) is 0.333. The molecule has 9 heteroatoms. The Kier molecular flexibility index (Phi) is 3.02. The SMILES string of the molecule is C=CCn1nnc(NC(=O)C(F)(F)F)n1. The molecule has 0 saturated heterocycles. The average Bonchev–Trinajstić information content (AvgIpc) is 2.51. The van der Waals surface area contributed by atoms with Gasteiger partial charge in [0.2, 0.25) is 0 Å². The zero-order chi connectivity index (χ0) is 11.5. The summed E-state index contributed by atoms with van der Waals surface area (Å²) in [6.07, 6.45) is -3.54. The van der Waals surface area contributed by atoms with E-state index in [-0.39, 0.29) is 6.54 Å². The van der Waals surface area contributed by atoms with Crippen LogP contribution >= 0.6 is 0 Å². The number of anilines is 1. The van der Waals surface area contributed by atoms with E-state index in [0.29, 0.717) is 0 Å². The van der Waals surface area contributed by atoms with E-state index in [4.69, 9.17) is 0 Å². The summed E-state index contributed by atoms with van der Waals surface area (Å²) < 4.78 is 35.3. The Morgan fingerprint density at radius 1 is 1.60 bits per heavy atom. The van der Waals surface area contributed by atoms with Crippen LogP contribution in [0.4, 0.5) is 19.1 Å². The maximum atomic E-state index is 11.8. The first-order valence-electron chi connectivity index (χ1n) is 3.70. The first-order valence-corrected chi connectivity index (χ1v) is 3.70. The Morgan fingerprint density at radius 3 is 2.80 bits per heavy atom.